The van der Waals surface area contributed by atoms with Gasteiger partial charge in [-0.15, -0.1) is 5.76 Å². The third-order valence-corrected chi connectivity index (χ3v) is 1.20. The molecule has 44 valence electrons. The second kappa shape index (κ2) is 2.55. The monoisotopic (exact) mass is 109 g/mol. The van der Waals surface area contributed by atoms with Gasteiger partial charge in [0, 0.05) is 0 Å². The fourth-order valence-electron chi connectivity index (χ4n) is 0.748. The minimum atomic E-state index is 0.169. The van der Waals surface area contributed by atoms with Crippen molar-refractivity contribution in [2.75, 3.05) is 0 Å². The first-order valence-electron chi connectivity index (χ1n) is 2.93. The van der Waals surface area contributed by atoms with Crippen LogP contribution in [0.25, 0.3) is 0 Å². The van der Waals surface area contributed by atoms with Crippen molar-refractivity contribution in [2.24, 2.45) is 0 Å². The second-order valence-corrected chi connectivity index (χ2v) is 1.94. The summed E-state index contributed by atoms with van der Waals surface area (Å²) in [5.74, 6) is 0.169. The Labute approximate surface area is 49.3 Å². The van der Waals surface area contributed by atoms with E-state index < -0.39 is 0 Å². The van der Waals surface area contributed by atoms with Crippen LogP contribution in [0.2, 0.25) is 0 Å². The maximum Gasteiger partial charge on any atom is -0.0345 e. The smallest absolute Gasteiger partial charge is 0.0345 e. The van der Waals surface area contributed by atoms with E-state index in [0.29, 0.717) is 0 Å². The zero-order valence-corrected chi connectivity index (χ0v) is 4.76. The van der Waals surface area contributed by atoms with Crippen molar-refractivity contribution in [3.63, 3.8) is 0 Å². The first-order chi connectivity index (χ1) is 3.89. The Hall–Kier alpha value is -0.720. The fraction of sp³-hybridized carbons (Fsp3) is 0.429. The van der Waals surface area contributed by atoms with Gasteiger partial charge in [0.2, 0.25) is 0 Å². The van der Waals surface area contributed by atoms with Gasteiger partial charge in [-0.1, -0.05) is 18.2 Å². The molecule has 1 heteroatoms. The number of hydrogen-bond donors (Lipinski definition) is 0. The van der Waals surface area contributed by atoms with Crippen LogP contribution in [0.4, 0.5) is 0 Å². The molecule has 1 rings (SSSR count). The minimum Gasteiger partial charge on any atom is -0.873 e. The lowest BCUT2D eigenvalue weighted by Crippen LogP contribution is -1.97. The van der Waals surface area contributed by atoms with Gasteiger partial charge >= 0.3 is 0 Å². The van der Waals surface area contributed by atoms with Gasteiger partial charge in [0.1, 0.15) is 0 Å². The molecule has 0 aromatic heterocycles. The van der Waals surface area contributed by atoms with Crippen LogP contribution in [-0.4, -0.2) is 0 Å². The lowest BCUT2D eigenvalue weighted by atomic mass is 10.2. The Balaban J connectivity index is 2.55. The molecule has 0 saturated heterocycles. The summed E-state index contributed by atoms with van der Waals surface area (Å²) in [7, 11) is 0. The first-order valence-corrected chi connectivity index (χ1v) is 2.93. The molecular weight excluding hydrogens is 100 g/mol. The van der Waals surface area contributed by atoms with E-state index in [9.17, 15) is 5.11 Å². The summed E-state index contributed by atoms with van der Waals surface area (Å²) >= 11 is 0. The van der Waals surface area contributed by atoms with Crippen LogP contribution in [0, 0.1) is 0 Å². The molecule has 0 N–H and O–H groups in total. The summed E-state index contributed by atoms with van der Waals surface area (Å²) < 4.78 is 0. The summed E-state index contributed by atoms with van der Waals surface area (Å²) in [4.78, 5) is 0. The fourth-order valence-corrected chi connectivity index (χ4v) is 0.748. The summed E-state index contributed by atoms with van der Waals surface area (Å²) in [6.45, 7) is 0. The Bertz CT molecular complexity index is 122. The SMILES string of the molecule is [O-]C1=CCCCC=C1. The highest BCUT2D eigenvalue weighted by atomic mass is 16.3. The van der Waals surface area contributed by atoms with Gasteiger partial charge in [-0.3, -0.25) is 0 Å². The van der Waals surface area contributed by atoms with E-state index in [1.54, 1.807) is 12.2 Å². The third-order valence-electron chi connectivity index (χ3n) is 1.20. The maximum absolute atomic E-state index is 10.5. The third kappa shape index (κ3) is 1.41. The lowest BCUT2D eigenvalue weighted by molar-refractivity contribution is -0.295. The van der Waals surface area contributed by atoms with Gasteiger partial charge in [-0.25, -0.2) is 0 Å². The Morgan fingerprint density at radius 1 is 1.38 bits per heavy atom. The Kier molecular flexibility index (Phi) is 1.73. The van der Waals surface area contributed by atoms with Crippen molar-refractivity contribution in [1.82, 2.24) is 0 Å². The second-order valence-electron chi connectivity index (χ2n) is 1.94. The maximum atomic E-state index is 10.5. The number of rotatable bonds is 0. The van der Waals surface area contributed by atoms with Gasteiger partial charge in [-0.2, -0.15) is 0 Å². The molecule has 0 unspecified atom stereocenters. The molecule has 1 aliphatic carbocycles. The van der Waals surface area contributed by atoms with Crippen LogP contribution >= 0.6 is 0 Å². The average Bonchev–Trinajstić information content (AvgIpc) is 1.94. The van der Waals surface area contributed by atoms with Crippen LogP contribution < -0.4 is 5.11 Å². The number of hydrogen-bond acceptors (Lipinski definition) is 1. The van der Waals surface area contributed by atoms with Gasteiger partial charge in [0.15, 0.2) is 0 Å². The van der Waals surface area contributed by atoms with Crippen molar-refractivity contribution in [2.45, 2.75) is 19.3 Å². The highest BCUT2D eigenvalue weighted by Gasteiger charge is 1.84. The summed E-state index contributed by atoms with van der Waals surface area (Å²) in [6, 6.07) is 0. The summed E-state index contributed by atoms with van der Waals surface area (Å²) in [6.07, 6.45) is 8.46. The normalized spacial score (nSPS) is 19.8. The molecule has 1 nitrogen and oxygen atoms in total. The van der Waals surface area contributed by atoms with E-state index in [0.717, 1.165) is 19.3 Å². The molecule has 0 saturated carbocycles. The molecule has 0 heterocycles. The molecule has 0 bridgehead atoms. The average molecular weight is 109 g/mol. The predicted molar refractivity (Wildman–Crippen MR) is 31.1 cm³/mol. The van der Waals surface area contributed by atoms with Crippen LogP contribution in [0.3, 0.4) is 0 Å². The highest BCUT2D eigenvalue weighted by Crippen LogP contribution is 2.04. The highest BCUT2D eigenvalue weighted by molar-refractivity contribution is 5.10. The molecule has 0 aromatic carbocycles. The van der Waals surface area contributed by atoms with E-state index in [2.05, 4.69) is 0 Å². The van der Waals surface area contributed by atoms with E-state index in [-0.39, 0.29) is 5.76 Å². The molecule has 1 aliphatic rings. The summed E-state index contributed by atoms with van der Waals surface area (Å²) in [5.41, 5.74) is 0. The van der Waals surface area contributed by atoms with Crippen molar-refractivity contribution < 1.29 is 5.11 Å². The Morgan fingerprint density at radius 2 is 2.25 bits per heavy atom. The molecule has 0 fully saturated rings. The molecule has 0 radical (unpaired) electrons. The van der Waals surface area contributed by atoms with Crippen molar-refractivity contribution in [3.05, 3.63) is 24.0 Å². The van der Waals surface area contributed by atoms with Gasteiger partial charge < -0.3 is 5.11 Å². The molecule has 0 spiro atoms. The van der Waals surface area contributed by atoms with Crippen LogP contribution in [0.1, 0.15) is 19.3 Å². The van der Waals surface area contributed by atoms with Crippen molar-refractivity contribution >= 4 is 0 Å². The Morgan fingerprint density at radius 3 is 3.12 bits per heavy atom. The molecular formula is C7H9O-. The molecule has 8 heavy (non-hydrogen) atoms. The van der Waals surface area contributed by atoms with Crippen molar-refractivity contribution in [3.8, 4) is 0 Å². The zero-order chi connectivity index (χ0) is 5.82. The van der Waals surface area contributed by atoms with Gasteiger partial charge in [-0.05, 0) is 19.3 Å². The van der Waals surface area contributed by atoms with Gasteiger partial charge in [0.05, 0.1) is 0 Å². The molecule has 0 aliphatic heterocycles. The van der Waals surface area contributed by atoms with Crippen LogP contribution in [0.15, 0.2) is 24.0 Å². The zero-order valence-electron chi connectivity index (χ0n) is 4.76. The van der Waals surface area contributed by atoms with E-state index >= 15 is 0 Å². The molecule has 0 amide bonds. The minimum absolute atomic E-state index is 0.169. The summed E-state index contributed by atoms with van der Waals surface area (Å²) in [5, 5.41) is 10.5. The lowest BCUT2D eigenvalue weighted by Gasteiger charge is -2.00. The first kappa shape index (κ1) is 5.42. The van der Waals surface area contributed by atoms with Crippen LogP contribution in [0.5, 0.6) is 0 Å². The van der Waals surface area contributed by atoms with E-state index in [1.165, 1.54) is 0 Å². The molecule has 0 atom stereocenters. The quantitative estimate of drug-likeness (QED) is 0.454. The largest absolute Gasteiger partial charge is 0.873 e. The molecule has 0 aromatic rings. The number of allylic oxidation sites excluding steroid dienone is 3. The van der Waals surface area contributed by atoms with Gasteiger partial charge in [0.25, 0.3) is 0 Å². The topological polar surface area (TPSA) is 23.1 Å². The van der Waals surface area contributed by atoms with Crippen molar-refractivity contribution in [1.29, 1.82) is 0 Å². The van der Waals surface area contributed by atoms with Crippen LogP contribution in [-0.2, 0) is 0 Å². The standard InChI is InChI=1S/C7H10O/c8-7-5-3-1-2-4-6-7/h3,5-6,8H,1-2,4H2/p-1. The predicted octanol–water partition coefficient (Wildman–Crippen LogP) is 0.971. The van der Waals surface area contributed by atoms with E-state index in [1.807, 2.05) is 6.08 Å². The van der Waals surface area contributed by atoms with E-state index in [4.69, 9.17) is 0 Å².